The van der Waals surface area contributed by atoms with Gasteiger partial charge in [0, 0.05) is 7.11 Å². The lowest BCUT2D eigenvalue weighted by Gasteiger charge is -2.60. The largest absolute Gasteiger partial charge is 0.393 e. The number of ether oxygens (including phenoxy) is 1. The molecule has 4 unspecified atom stereocenters. The highest BCUT2D eigenvalue weighted by Gasteiger charge is 2.60. The van der Waals surface area contributed by atoms with E-state index in [-0.39, 0.29) is 6.10 Å². The molecule has 2 nitrogen and oxygen atoms in total. The van der Waals surface area contributed by atoms with Gasteiger partial charge in [-0.1, -0.05) is 13.8 Å². The average Bonchev–Trinajstić information content (AvgIpc) is 2.85. The van der Waals surface area contributed by atoms with Crippen LogP contribution in [0.25, 0.3) is 0 Å². The monoisotopic (exact) mass is 306 g/mol. The van der Waals surface area contributed by atoms with Crippen molar-refractivity contribution in [3.05, 3.63) is 0 Å². The Morgan fingerprint density at radius 2 is 1.73 bits per heavy atom. The zero-order chi connectivity index (χ0) is 15.5. The molecule has 0 bridgehead atoms. The Hall–Kier alpha value is -0.0800. The first-order chi connectivity index (χ1) is 10.5. The topological polar surface area (TPSA) is 29.5 Å². The lowest BCUT2D eigenvalue weighted by molar-refractivity contribution is -0.139. The molecule has 8 atom stereocenters. The Kier molecular flexibility index (Phi) is 3.66. The van der Waals surface area contributed by atoms with Gasteiger partial charge in [-0.3, -0.25) is 0 Å². The Bertz CT molecular complexity index is 435. The van der Waals surface area contributed by atoms with Gasteiger partial charge in [-0.2, -0.15) is 0 Å². The predicted octanol–water partition coefficient (Wildman–Crippen LogP) is 4.41. The number of fused-ring (bicyclic) bond motifs is 5. The van der Waals surface area contributed by atoms with Crippen LogP contribution < -0.4 is 0 Å². The molecule has 22 heavy (non-hydrogen) atoms. The van der Waals surface area contributed by atoms with Crippen molar-refractivity contribution in [2.45, 2.75) is 83.8 Å². The highest BCUT2D eigenvalue weighted by atomic mass is 16.5. The SMILES string of the molecule is CO[C@H]1CC[C@]2(C)CCC3[C@H](CCC4CC(O)CC[C@]43C)C12. The van der Waals surface area contributed by atoms with Gasteiger partial charge in [-0.05, 0) is 92.3 Å². The number of hydrogen-bond acceptors (Lipinski definition) is 2. The van der Waals surface area contributed by atoms with E-state index in [0.29, 0.717) is 16.9 Å². The number of aliphatic hydroxyl groups excluding tert-OH is 1. The van der Waals surface area contributed by atoms with Gasteiger partial charge in [-0.15, -0.1) is 0 Å². The van der Waals surface area contributed by atoms with E-state index in [1.54, 1.807) is 0 Å². The summed E-state index contributed by atoms with van der Waals surface area (Å²) in [6.07, 6.45) is 12.0. The zero-order valence-corrected chi connectivity index (χ0v) is 14.7. The third kappa shape index (κ3) is 2.05. The van der Waals surface area contributed by atoms with Crippen LogP contribution in [0, 0.1) is 34.5 Å². The van der Waals surface area contributed by atoms with E-state index in [9.17, 15) is 5.11 Å². The molecule has 0 spiro atoms. The van der Waals surface area contributed by atoms with Crippen LogP contribution in [0.5, 0.6) is 0 Å². The maximum absolute atomic E-state index is 10.1. The molecule has 4 fully saturated rings. The lowest BCUT2D eigenvalue weighted by atomic mass is 9.45. The first-order valence-corrected chi connectivity index (χ1v) is 9.69. The molecule has 126 valence electrons. The van der Waals surface area contributed by atoms with Crippen molar-refractivity contribution in [1.82, 2.24) is 0 Å². The highest BCUT2D eigenvalue weighted by Crippen LogP contribution is 2.66. The summed E-state index contributed by atoms with van der Waals surface area (Å²) >= 11 is 0. The number of aliphatic hydroxyl groups is 1. The van der Waals surface area contributed by atoms with E-state index < -0.39 is 0 Å². The Morgan fingerprint density at radius 1 is 0.955 bits per heavy atom. The number of rotatable bonds is 1. The second kappa shape index (κ2) is 5.21. The van der Waals surface area contributed by atoms with Crippen molar-refractivity contribution < 1.29 is 9.84 Å². The van der Waals surface area contributed by atoms with Crippen LogP contribution in [0.2, 0.25) is 0 Å². The fraction of sp³-hybridized carbons (Fsp3) is 1.00. The maximum atomic E-state index is 10.1. The summed E-state index contributed by atoms with van der Waals surface area (Å²) in [7, 11) is 1.93. The maximum Gasteiger partial charge on any atom is 0.0607 e. The summed E-state index contributed by atoms with van der Waals surface area (Å²) in [4.78, 5) is 0. The summed E-state index contributed by atoms with van der Waals surface area (Å²) in [5, 5.41) is 10.1. The van der Waals surface area contributed by atoms with Crippen LogP contribution in [-0.2, 0) is 4.74 Å². The van der Waals surface area contributed by atoms with Crippen LogP contribution in [0.4, 0.5) is 0 Å². The van der Waals surface area contributed by atoms with Crippen molar-refractivity contribution in [3.8, 4) is 0 Å². The second-order valence-electron chi connectivity index (χ2n) is 9.51. The molecular weight excluding hydrogens is 272 g/mol. The van der Waals surface area contributed by atoms with E-state index in [4.69, 9.17) is 4.74 Å². The van der Waals surface area contributed by atoms with Gasteiger partial charge in [-0.25, -0.2) is 0 Å². The van der Waals surface area contributed by atoms with E-state index >= 15 is 0 Å². The number of methoxy groups -OCH3 is 1. The first kappa shape index (κ1) is 15.4. The minimum absolute atomic E-state index is 0.0262. The van der Waals surface area contributed by atoms with Gasteiger partial charge < -0.3 is 9.84 Å². The molecule has 4 rings (SSSR count). The van der Waals surface area contributed by atoms with Crippen LogP contribution >= 0.6 is 0 Å². The molecule has 0 radical (unpaired) electrons. The van der Waals surface area contributed by atoms with Gasteiger partial charge in [0.15, 0.2) is 0 Å². The molecule has 0 aromatic carbocycles. The number of hydrogen-bond donors (Lipinski definition) is 1. The van der Waals surface area contributed by atoms with Gasteiger partial charge in [0.2, 0.25) is 0 Å². The van der Waals surface area contributed by atoms with Gasteiger partial charge in [0.1, 0.15) is 0 Å². The van der Waals surface area contributed by atoms with Crippen molar-refractivity contribution in [1.29, 1.82) is 0 Å². The molecule has 0 aliphatic heterocycles. The molecule has 0 aromatic heterocycles. The van der Waals surface area contributed by atoms with Crippen LogP contribution in [-0.4, -0.2) is 24.4 Å². The molecule has 4 aliphatic carbocycles. The third-order valence-corrected chi connectivity index (χ3v) is 8.71. The quantitative estimate of drug-likeness (QED) is 0.778. The fourth-order valence-electron chi connectivity index (χ4n) is 7.49. The van der Waals surface area contributed by atoms with Crippen molar-refractivity contribution >= 4 is 0 Å². The van der Waals surface area contributed by atoms with Crippen molar-refractivity contribution in [2.24, 2.45) is 34.5 Å². The van der Waals surface area contributed by atoms with Gasteiger partial charge in [0.05, 0.1) is 12.2 Å². The molecule has 0 aromatic rings. The standard InChI is InChI=1S/C20H34O2/c1-19-9-7-16-15(18(19)17(22-3)8-10-19)5-4-13-12-14(21)6-11-20(13,16)2/h13-18,21H,4-12H2,1-3H3/t13?,14?,15-,16?,17-,18?,19-,20+/m0/s1. The highest BCUT2D eigenvalue weighted by molar-refractivity contribution is 5.09. The Balaban J connectivity index is 1.64. The van der Waals surface area contributed by atoms with E-state index in [1.165, 1.54) is 44.9 Å². The Labute approximate surface area is 136 Å². The fourth-order valence-corrected chi connectivity index (χ4v) is 7.49. The third-order valence-electron chi connectivity index (χ3n) is 8.71. The summed E-state index contributed by atoms with van der Waals surface area (Å²) < 4.78 is 5.94. The van der Waals surface area contributed by atoms with Crippen LogP contribution in [0.15, 0.2) is 0 Å². The average molecular weight is 306 g/mol. The van der Waals surface area contributed by atoms with Gasteiger partial charge in [0.25, 0.3) is 0 Å². The summed E-state index contributed by atoms with van der Waals surface area (Å²) in [6.45, 7) is 5.12. The van der Waals surface area contributed by atoms with Crippen molar-refractivity contribution in [3.63, 3.8) is 0 Å². The molecule has 0 amide bonds. The normalized spacial score (nSPS) is 57.8. The molecule has 0 saturated heterocycles. The van der Waals surface area contributed by atoms with E-state index in [1.807, 2.05) is 7.11 Å². The summed E-state index contributed by atoms with van der Waals surface area (Å²) in [5.41, 5.74) is 1.03. The van der Waals surface area contributed by atoms with Crippen LogP contribution in [0.1, 0.15) is 71.6 Å². The predicted molar refractivity (Wildman–Crippen MR) is 88.5 cm³/mol. The van der Waals surface area contributed by atoms with Crippen LogP contribution in [0.3, 0.4) is 0 Å². The first-order valence-electron chi connectivity index (χ1n) is 9.69. The Morgan fingerprint density at radius 3 is 2.50 bits per heavy atom. The minimum Gasteiger partial charge on any atom is -0.393 e. The van der Waals surface area contributed by atoms with Gasteiger partial charge >= 0.3 is 0 Å². The molecule has 0 heterocycles. The lowest BCUT2D eigenvalue weighted by Crippen LogP contribution is -2.54. The molecular formula is C20H34O2. The summed E-state index contributed by atoms with van der Waals surface area (Å²) in [5.74, 6) is 3.32. The smallest absolute Gasteiger partial charge is 0.0607 e. The molecule has 2 heteroatoms. The van der Waals surface area contributed by atoms with E-state index in [0.717, 1.165) is 36.5 Å². The van der Waals surface area contributed by atoms with Crippen molar-refractivity contribution in [2.75, 3.05) is 7.11 Å². The molecule has 4 aliphatic rings. The zero-order valence-electron chi connectivity index (χ0n) is 14.7. The molecule has 1 N–H and O–H groups in total. The minimum atomic E-state index is -0.0262. The second-order valence-corrected chi connectivity index (χ2v) is 9.51. The van der Waals surface area contributed by atoms with E-state index in [2.05, 4.69) is 13.8 Å². The molecule has 4 saturated carbocycles. The summed E-state index contributed by atoms with van der Waals surface area (Å²) in [6, 6.07) is 0.